The lowest BCUT2D eigenvalue weighted by molar-refractivity contribution is 0.238. The molecule has 0 radical (unpaired) electrons. The first-order chi connectivity index (χ1) is 9.69. The number of nitrogens with two attached hydrogens (primary N) is 1. The van der Waals surface area contributed by atoms with Gasteiger partial charge < -0.3 is 15.5 Å². The summed E-state index contributed by atoms with van der Waals surface area (Å²) in [6.07, 6.45) is 4.33. The summed E-state index contributed by atoms with van der Waals surface area (Å²) in [6.45, 7) is 14.6. The minimum atomic E-state index is 0.608. The van der Waals surface area contributed by atoms with Crippen LogP contribution in [0.3, 0.4) is 0 Å². The van der Waals surface area contributed by atoms with Crippen LogP contribution in [-0.2, 0) is 6.54 Å². The van der Waals surface area contributed by atoms with Gasteiger partial charge in [-0.25, -0.2) is 0 Å². The molecule has 0 atom stereocenters. The van der Waals surface area contributed by atoms with Gasteiger partial charge in [-0.3, -0.25) is 4.68 Å². The van der Waals surface area contributed by atoms with Crippen molar-refractivity contribution in [1.82, 2.24) is 19.6 Å². The molecular formula is C15H31N5. The van der Waals surface area contributed by atoms with Gasteiger partial charge in [0.05, 0.1) is 0 Å². The Bertz CT molecular complexity index is 346. The van der Waals surface area contributed by atoms with E-state index in [0.717, 1.165) is 39.1 Å². The van der Waals surface area contributed by atoms with Gasteiger partial charge in [0, 0.05) is 12.7 Å². The number of hydrogen-bond acceptors (Lipinski definition) is 4. The van der Waals surface area contributed by atoms with Crippen molar-refractivity contribution in [2.45, 2.75) is 40.2 Å². The molecule has 0 aliphatic heterocycles. The smallest absolute Gasteiger partial charge is 0.145 e. The fourth-order valence-corrected chi connectivity index (χ4v) is 2.44. The lowest BCUT2D eigenvalue weighted by Crippen LogP contribution is -2.31. The van der Waals surface area contributed by atoms with E-state index in [-0.39, 0.29) is 0 Å². The summed E-state index contributed by atoms with van der Waals surface area (Å²) in [5.41, 5.74) is 5.61. The molecule has 1 aromatic heterocycles. The number of rotatable bonds is 11. The first-order valence-corrected chi connectivity index (χ1v) is 7.93. The van der Waals surface area contributed by atoms with Crippen molar-refractivity contribution in [3.63, 3.8) is 0 Å². The van der Waals surface area contributed by atoms with E-state index >= 15 is 0 Å². The molecule has 1 heterocycles. The van der Waals surface area contributed by atoms with Gasteiger partial charge >= 0.3 is 0 Å². The molecule has 1 rings (SSSR count). The summed E-state index contributed by atoms with van der Waals surface area (Å²) in [6, 6.07) is 1.85. The molecule has 0 aromatic carbocycles. The molecule has 0 saturated carbocycles. The van der Waals surface area contributed by atoms with Gasteiger partial charge in [0.25, 0.3) is 0 Å². The number of aryl methyl sites for hydroxylation is 1. The zero-order chi connectivity index (χ0) is 14.8. The summed E-state index contributed by atoms with van der Waals surface area (Å²) in [5.74, 6) is 0.608. The topological polar surface area (TPSA) is 50.3 Å². The molecule has 0 unspecified atom stereocenters. The van der Waals surface area contributed by atoms with Gasteiger partial charge in [0.15, 0.2) is 0 Å². The van der Waals surface area contributed by atoms with Crippen LogP contribution in [0.2, 0.25) is 0 Å². The van der Waals surface area contributed by atoms with Crippen molar-refractivity contribution in [2.75, 3.05) is 45.0 Å². The molecule has 2 N–H and O–H groups in total. The number of nitrogens with zero attached hydrogens (tertiary/aromatic N) is 4. The second-order valence-corrected chi connectivity index (χ2v) is 5.17. The molecule has 0 fully saturated rings. The number of nitrogen functional groups attached to an aromatic ring is 1. The van der Waals surface area contributed by atoms with Crippen LogP contribution in [0.15, 0.2) is 12.3 Å². The predicted octanol–water partition coefficient (Wildman–Crippen LogP) is 1.91. The first kappa shape index (κ1) is 17.0. The molecule has 0 saturated heterocycles. The van der Waals surface area contributed by atoms with Crippen LogP contribution in [0, 0.1) is 0 Å². The van der Waals surface area contributed by atoms with Gasteiger partial charge in [-0.15, -0.1) is 0 Å². The summed E-state index contributed by atoms with van der Waals surface area (Å²) in [4.78, 5) is 5.01. The SMILES string of the molecule is CCN(CC)CCCN(CC)CCCn1ccc(N)n1. The Morgan fingerprint density at radius 1 is 1.00 bits per heavy atom. The summed E-state index contributed by atoms with van der Waals surface area (Å²) in [7, 11) is 0. The van der Waals surface area contributed by atoms with Gasteiger partial charge in [0.2, 0.25) is 0 Å². The standard InChI is InChI=1S/C15H31N5/c1-4-18(5-2)10-7-11-19(6-3)12-8-13-20-14-9-15(16)17-20/h9,14H,4-8,10-13H2,1-3H3,(H2,16,17). The van der Waals surface area contributed by atoms with Crippen LogP contribution >= 0.6 is 0 Å². The van der Waals surface area contributed by atoms with Crippen LogP contribution in [0.1, 0.15) is 33.6 Å². The third-order valence-corrected chi connectivity index (χ3v) is 3.81. The van der Waals surface area contributed by atoms with Crippen molar-refractivity contribution in [2.24, 2.45) is 0 Å². The maximum Gasteiger partial charge on any atom is 0.145 e. The van der Waals surface area contributed by atoms with Gasteiger partial charge in [0.1, 0.15) is 5.82 Å². The fourth-order valence-electron chi connectivity index (χ4n) is 2.44. The minimum Gasteiger partial charge on any atom is -0.382 e. The van der Waals surface area contributed by atoms with Crippen LogP contribution < -0.4 is 5.73 Å². The number of anilines is 1. The highest BCUT2D eigenvalue weighted by molar-refractivity contribution is 5.23. The number of aromatic nitrogens is 2. The van der Waals surface area contributed by atoms with E-state index in [1.54, 1.807) is 0 Å². The van der Waals surface area contributed by atoms with Gasteiger partial charge in [-0.2, -0.15) is 5.10 Å². The monoisotopic (exact) mass is 281 g/mol. The van der Waals surface area contributed by atoms with E-state index in [4.69, 9.17) is 5.73 Å². The van der Waals surface area contributed by atoms with Crippen molar-refractivity contribution >= 4 is 5.82 Å². The van der Waals surface area contributed by atoms with Gasteiger partial charge in [-0.05, 0) is 58.2 Å². The van der Waals surface area contributed by atoms with Crippen molar-refractivity contribution < 1.29 is 0 Å². The maximum atomic E-state index is 5.61. The van der Waals surface area contributed by atoms with E-state index in [9.17, 15) is 0 Å². The summed E-state index contributed by atoms with van der Waals surface area (Å²) in [5, 5.41) is 4.21. The Balaban J connectivity index is 2.15. The molecule has 0 spiro atoms. The van der Waals surface area contributed by atoms with Crippen molar-refractivity contribution in [3.8, 4) is 0 Å². The highest BCUT2D eigenvalue weighted by Crippen LogP contribution is 2.00. The fraction of sp³-hybridized carbons (Fsp3) is 0.800. The molecule has 5 heteroatoms. The van der Waals surface area contributed by atoms with E-state index in [1.807, 2.05) is 16.9 Å². The molecule has 116 valence electrons. The highest BCUT2D eigenvalue weighted by Gasteiger charge is 2.04. The van der Waals surface area contributed by atoms with Crippen LogP contribution in [0.4, 0.5) is 5.82 Å². The zero-order valence-electron chi connectivity index (χ0n) is 13.4. The van der Waals surface area contributed by atoms with Crippen molar-refractivity contribution in [3.05, 3.63) is 12.3 Å². The lowest BCUT2D eigenvalue weighted by Gasteiger charge is -2.23. The Hall–Kier alpha value is -1.07. The first-order valence-electron chi connectivity index (χ1n) is 7.93. The Morgan fingerprint density at radius 3 is 2.15 bits per heavy atom. The summed E-state index contributed by atoms with van der Waals surface area (Å²) >= 11 is 0. The molecule has 20 heavy (non-hydrogen) atoms. The summed E-state index contributed by atoms with van der Waals surface area (Å²) < 4.78 is 1.93. The normalized spacial score (nSPS) is 11.7. The van der Waals surface area contributed by atoms with E-state index in [0.29, 0.717) is 5.82 Å². The third kappa shape index (κ3) is 6.39. The molecular weight excluding hydrogens is 250 g/mol. The predicted molar refractivity (Wildman–Crippen MR) is 85.8 cm³/mol. The molecule has 0 amide bonds. The maximum absolute atomic E-state index is 5.61. The van der Waals surface area contributed by atoms with Crippen molar-refractivity contribution in [1.29, 1.82) is 0 Å². The second-order valence-electron chi connectivity index (χ2n) is 5.17. The number of hydrogen-bond donors (Lipinski definition) is 1. The molecule has 0 bridgehead atoms. The Labute approximate surface area is 123 Å². The minimum absolute atomic E-state index is 0.608. The van der Waals surface area contributed by atoms with Crippen LogP contribution in [0.5, 0.6) is 0 Å². The molecule has 0 aliphatic carbocycles. The molecule has 5 nitrogen and oxygen atoms in total. The zero-order valence-corrected chi connectivity index (χ0v) is 13.4. The van der Waals surface area contributed by atoms with Crippen LogP contribution in [-0.4, -0.2) is 58.8 Å². The lowest BCUT2D eigenvalue weighted by atomic mass is 10.3. The van der Waals surface area contributed by atoms with E-state index < -0.39 is 0 Å². The van der Waals surface area contributed by atoms with E-state index in [2.05, 4.69) is 35.7 Å². The average Bonchev–Trinajstić information content (AvgIpc) is 2.87. The Kier molecular flexibility index (Phi) is 8.30. The van der Waals surface area contributed by atoms with E-state index in [1.165, 1.54) is 19.5 Å². The Morgan fingerprint density at radius 2 is 1.60 bits per heavy atom. The largest absolute Gasteiger partial charge is 0.382 e. The van der Waals surface area contributed by atoms with Crippen LogP contribution in [0.25, 0.3) is 0 Å². The molecule has 0 aliphatic rings. The van der Waals surface area contributed by atoms with Gasteiger partial charge in [-0.1, -0.05) is 20.8 Å². The average molecular weight is 281 g/mol. The quantitative estimate of drug-likeness (QED) is 0.673. The highest BCUT2D eigenvalue weighted by atomic mass is 15.3. The molecule has 1 aromatic rings. The third-order valence-electron chi connectivity index (χ3n) is 3.81. The second kappa shape index (κ2) is 9.77.